The largest absolute Gasteiger partial charge is 0.493 e. The fourth-order valence-electron chi connectivity index (χ4n) is 1.81. The number of hydrazine groups is 1. The van der Waals surface area contributed by atoms with E-state index in [9.17, 15) is 4.79 Å². The zero-order valence-electron chi connectivity index (χ0n) is 11.7. The van der Waals surface area contributed by atoms with Crippen LogP contribution in [0.15, 0.2) is 36.4 Å². The smallest absolute Gasteiger partial charge is 0.265 e. The molecule has 2 rings (SSSR count). The van der Waals surface area contributed by atoms with Gasteiger partial charge in [-0.2, -0.15) is 0 Å². The third-order valence-corrected chi connectivity index (χ3v) is 3.54. The van der Waals surface area contributed by atoms with E-state index >= 15 is 0 Å². The summed E-state index contributed by atoms with van der Waals surface area (Å²) in [5.41, 5.74) is 3.19. The normalized spacial score (nSPS) is 10.2. The minimum atomic E-state index is -0.419. The average molecular weight is 341 g/mol. The first kappa shape index (κ1) is 16.4. The van der Waals surface area contributed by atoms with Crippen LogP contribution >= 0.6 is 23.2 Å². The van der Waals surface area contributed by atoms with E-state index in [4.69, 9.17) is 38.5 Å². The molecule has 0 unspecified atom stereocenters. The van der Waals surface area contributed by atoms with Crippen LogP contribution in [0.25, 0.3) is 0 Å². The van der Waals surface area contributed by atoms with Gasteiger partial charge in [0, 0.05) is 21.2 Å². The number of carbonyl (C=O) groups is 1. The van der Waals surface area contributed by atoms with Crippen LogP contribution in [0.5, 0.6) is 11.5 Å². The molecule has 0 aliphatic carbocycles. The number of rotatable bonds is 5. The monoisotopic (exact) mass is 340 g/mol. The molecule has 3 N–H and O–H groups in total. The Labute approximate surface area is 137 Å². The molecular weight excluding hydrogens is 327 g/mol. The Balaban J connectivity index is 2.22. The van der Waals surface area contributed by atoms with Crippen molar-refractivity contribution in [3.05, 3.63) is 57.6 Å². The molecule has 0 fully saturated rings. The maximum atomic E-state index is 11.6. The van der Waals surface area contributed by atoms with E-state index in [1.807, 2.05) is 0 Å². The van der Waals surface area contributed by atoms with Crippen molar-refractivity contribution in [1.29, 1.82) is 0 Å². The summed E-state index contributed by atoms with van der Waals surface area (Å²) in [6, 6.07) is 9.89. The molecule has 0 atom stereocenters. The van der Waals surface area contributed by atoms with E-state index in [2.05, 4.69) is 5.43 Å². The van der Waals surface area contributed by atoms with Crippen LogP contribution < -0.4 is 20.7 Å². The van der Waals surface area contributed by atoms with Crippen molar-refractivity contribution in [2.75, 3.05) is 7.11 Å². The molecule has 0 aromatic heterocycles. The van der Waals surface area contributed by atoms with Crippen LogP contribution in [0, 0.1) is 0 Å². The third-order valence-electron chi connectivity index (χ3n) is 2.96. The van der Waals surface area contributed by atoms with Crippen molar-refractivity contribution < 1.29 is 14.3 Å². The number of nitrogen functional groups attached to an aromatic ring is 1. The van der Waals surface area contributed by atoms with Gasteiger partial charge in [0.05, 0.1) is 7.11 Å². The van der Waals surface area contributed by atoms with Crippen molar-refractivity contribution in [3.8, 4) is 11.5 Å². The number of amides is 1. The number of hydrogen-bond acceptors (Lipinski definition) is 4. The second-order valence-electron chi connectivity index (χ2n) is 4.36. The molecule has 0 saturated carbocycles. The first-order valence-electron chi connectivity index (χ1n) is 6.31. The van der Waals surface area contributed by atoms with E-state index in [0.29, 0.717) is 27.1 Å². The summed E-state index contributed by atoms with van der Waals surface area (Å²) in [5.74, 6) is 5.61. The summed E-state index contributed by atoms with van der Waals surface area (Å²) in [6.45, 7) is 0.208. The summed E-state index contributed by atoms with van der Waals surface area (Å²) < 4.78 is 10.9. The average Bonchev–Trinajstić information content (AvgIpc) is 2.53. The third kappa shape index (κ3) is 3.82. The highest BCUT2D eigenvalue weighted by atomic mass is 35.5. The summed E-state index contributed by atoms with van der Waals surface area (Å²) in [6.07, 6.45) is 0. The summed E-state index contributed by atoms with van der Waals surface area (Å²) in [4.78, 5) is 11.6. The van der Waals surface area contributed by atoms with E-state index in [1.54, 1.807) is 36.4 Å². The fraction of sp³-hybridized carbons (Fsp3) is 0.133. The summed E-state index contributed by atoms with van der Waals surface area (Å²) in [5, 5.41) is 1.05. The lowest BCUT2D eigenvalue weighted by atomic mass is 10.2. The van der Waals surface area contributed by atoms with Gasteiger partial charge in [-0.15, -0.1) is 0 Å². The summed E-state index contributed by atoms with van der Waals surface area (Å²) >= 11 is 11.9. The maximum absolute atomic E-state index is 11.6. The SMILES string of the molecule is COc1ccc(C(=O)NN)cc1OCc1ccc(Cl)cc1Cl. The number of halogens is 2. The molecule has 7 heteroatoms. The molecule has 0 aliphatic heterocycles. The maximum Gasteiger partial charge on any atom is 0.265 e. The van der Waals surface area contributed by atoms with Gasteiger partial charge in [-0.25, -0.2) is 5.84 Å². The van der Waals surface area contributed by atoms with Gasteiger partial charge < -0.3 is 9.47 Å². The van der Waals surface area contributed by atoms with Crippen LogP contribution in [0.4, 0.5) is 0 Å². The second kappa shape index (κ2) is 7.35. The number of ether oxygens (including phenoxy) is 2. The quantitative estimate of drug-likeness (QED) is 0.498. The van der Waals surface area contributed by atoms with Crippen molar-refractivity contribution in [2.24, 2.45) is 5.84 Å². The van der Waals surface area contributed by atoms with Crippen LogP contribution in [0.2, 0.25) is 10.0 Å². The zero-order valence-corrected chi connectivity index (χ0v) is 13.2. The Kier molecular flexibility index (Phi) is 5.49. The predicted octanol–water partition coefficient (Wildman–Crippen LogP) is 3.18. The lowest BCUT2D eigenvalue weighted by Crippen LogP contribution is -2.29. The lowest BCUT2D eigenvalue weighted by Gasteiger charge is -2.13. The zero-order chi connectivity index (χ0) is 16.1. The molecule has 5 nitrogen and oxygen atoms in total. The Morgan fingerprint density at radius 2 is 1.95 bits per heavy atom. The van der Waals surface area contributed by atoms with Gasteiger partial charge in [0.1, 0.15) is 6.61 Å². The number of carbonyl (C=O) groups excluding carboxylic acids is 1. The topological polar surface area (TPSA) is 73.6 Å². The molecule has 0 heterocycles. The Hall–Kier alpha value is -1.95. The first-order valence-corrected chi connectivity index (χ1v) is 7.06. The highest BCUT2D eigenvalue weighted by Gasteiger charge is 2.11. The Bertz CT molecular complexity index is 692. The number of nitrogens with one attached hydrogen (secondary N) is 1. The van der Waals surface area contributed by atoms with E-state index in [0.717, 1.165) is 5.56 Å². The molecule has 0 bridgehead atoms. The van der Waals surface area contributed by atoms with Gasteiger partial charge in [-0.1, -0.05) is 29.3 Å². The molecule has 0 spiro atoms. The molecule has 1 amide bonds. The number of nitrogens with two attached hydrogens (primary N) is 1. The Morgan fingerprint density at radius 1 is 1.18 bits per heavy atom. The molecule has 0 saturated heterocycles. The fourth-order valence-corrected chi connectivity index (χ4v) is 2.27. The van der Waals surface area contributed by atoms with Gasteiger partial charge in [-0.05, 0) is 30.3 Å². The molecule has 2 aromatic carbocycles. The summed E-state index contributed by atoms with van der Waals surface area (Å²) in [7, 11) is 1.51. The second-order valence-corrected chi connectivity index (χ2v) is 5.21. The molecular formula is C15H14Cl2N2O3. The van der Waals surface area contributed by atoms with E-state index < -0.39 is 5.91 Å². The number of benzene rings is 2. The van der Waals surface area contributed by atoms with E-state index in [-0.39, 0.29) is 6.61 Å². The van der Waals surface area contributed by atoms with Gasteiger partial charge in [0.15, 0.2) is 11.5 Å². The lowest BCUT2D eigenvalue weighted by molar-refractivity contribution is 0.0953. The van der Waals surface area contributed by atoms with Gasteiger partial charge in [-0.3, -0.25) is 10.2 Å². The minimum absolute atomic E-state index is 0.208. The van der Waals surface area contributed by atoms with Crippen LogP contribution in [-0.4, -0.2) is 13.0 Å². The molecule has 22 heavy (non-hydrogen) atoms. The molecule has 2 aromatic rings. The highest BCUT2D eigenvalue weighted by molar-refractivity contribution is 6.35. The van der Waals surface area contributed by atoms with Crippen LogP contribution in [0.3, 0.4) is 0 Å². The van der Waals surface area contributed by atoms with Crippen LogP contribution in [0.1, 0.15) is 15.9 Å². The van der Waals surface area contributed by atoms with Gasteiger partial charge >= 0.3 is 0 Å². The van der Waals surface area contributed by atoms with E-state index in [1.165, 1.54) is 7.11 Å². The molecule has 116 valence electrons. The number of hydrogen-bond donors (Lipinski definition) is 2. The van der Waals surface area contributed by atoms with Crippen molar-refractivity contribution in [3.63, 3.8) is 0 Å². The standard InChI is InChI=1S/C15H14Cl2N2O3/c1-21-13-5-3-9(15(20)19-18)6-14(13)22-8-10-2-4-11(16)7-12(10)17/h2-7H,8,18H2,1H3,(H,19,20). The molecule has 0 aliphatic rings. The Morgan fingerprint density at radius 3 is 2.59 bits per heavy atom. The number of methoxy groups -OCH3 is 1. The van der Waals surface area contributed by atoms with Gasteiger partial charge in [0.2, 0.25) is 0 Å². The molecule has 0 radical (unpaired) electrons. The van der Waals surface area contributed by atoms with Crippen molar-refractivity contribution in [1.82, 2.24) is 5.43 Å². The van der Waals surface area contributed by atoms with Gasteiger partial charge in [0.25, 0.3) is 5.91 Å². The van der Waals surface area contributed by atoms with Crippen molar-refractivity contribution in [2.45, 2.75) is 6.61 Å². The van der Waals surface area contributed by atoms with Crippen molar-refractivity contribution >= 4 is 29.1 Å². The predicted molar refractivity (Wildman–Crippen MR) is 85.4 cm³/mol. The highest BCUT2D eigenvalue weighted by Crippen LogP contribution is 2.30. The van der Waals surface area contributed by atoms with Crippen LogP contribution in [-0.2, 0) is 6.61 Å². The minimum Gasteiger partial charge on any atom is -0.493 e. The first-order chi connectivity index (χ1) is 10.5.